The van der Waals surface area contributed by atoms with E-state index in [1.807, 2.05) is 6.07 Å². The minimum Gasteiger partial charge on any atom is -0.353 e. The maximum Gasteiger partial charge on any atom is 0.127 e. The van der Waals surface area contributed by atoms with Gasteiger partial charge in [-0.25, -0.2) is 4.98 Å². The van der Waals surface area contributed by atoms with Crippen LogP contribution in [-0.2, 0) is 12.0 Å². The van der Waals surface area contributed by atoms with Crippen LogP contribution in [0.4, 0.5) is 5.82 Å². The second-order valence-corrected chi connectivity index (χ2v) is 7.38. The average Bonchev–Trinajstić information content (AvgIpc) is 2.83. The quantitative estimate of drug-likeness (QED) is 0.395. The summed E-state index contributed by atoms with van der Waals surface area (Å²) in [7, 11) is 0. The first-order chi connectivity index (χ1) is 14.8. The molecule has 0 aliphatic heterocycles. The minimum atomic E-state index is -0.566. The third-order valence-electron chi connectivity index (χ3n) is 5.38. The van der Waals surface area contributed by atoms with E-state index in [1.165, 1.54) is 0 Å². The smallest absolute Gasteiger partial charge is 0.127 e. The van der Waals surface area contributed by atoms with Crippen LogP contribution in [0, 0.1) is 0 Å². The molecule has 150 valence electrons. The highest BCUT2D eigenvalue weighted by Gasteiger charge is 2.36. The van der Waals surface area contributed by atoms with Crippen LogP contribution in [0.2, 0.25) is 0 Å². The summed E-state index contributed by atoms with van der Waals surface area (Å²) in [5, 5.41) is 3.82. The second-order valence-electron chi connectivity index (χ2n) is 7.38. The molecular formula is C27H27N3. The van der Waals surface area contributed by atoms with Gasteiger partial charge in [0, 0.05) is 5.69 Å². The lowest BCUT2D eigenvalue weighted by Gasteiger charge is -2.37. The van der Waals surface area contributed by atoms with E-state index in [4.69, 9.17) is 10.7 Å². The maximum absolute atomic E-state index is 5.70. The fourth-order valence-corrected chi connectivity index (χ4v) is 3.94. The molecule has 30 heavy (non-hydrogen) atoms. The zero-order chi connectivity index (χ0) is 20.7. The second kappa shape index (κ2) is 9.38. The summed E-state index contributed by atoms with van der Waals surface area (Å²) in [4.78, 5) is 4.90. The van der Waals surface area contributed by atoms with Crippen molar-refractivity contribution >= 4 is 5.82 Å². The number of anilines is 1. The first-order valence-corrected chi connectivity index (χ1v) is 10.4. The third-order valence-corrected chi connectivity index (χ3v) is 5.38. The van der Waals surface area contributed by atoms with E-state index in [9.17, 15) is 0 Å². The van der Waals surface area contributed by atoms with Gasteiger partial charge < -0.3 is 11.1 Å². The molecule has 0 bridgehead atoms. The van der Waals surface area contributed by atoms with E-state index in [0.717, 1.165) is 41.0 Å². The van der Waals surface area contributed by atoms with Gasteiger partial charge >= 0.3 is 0 Å². The lowest BCUT2D eigenvalue weighted by molar-refractivity contribution is 0.704. The number of pyridine rings is 1. The van der Waals surface area contributed by atoms with Crippen LogP contribution in [0.15, 0.2) is 109 Å². The topological polar surface area (TPSA) is 50.9 Å². The number of rotatable bonds is 8. The predicted octanol–water partition coefficient (Wildman–Crippen LogP) is 5.38. The Labute approximate surface area is 178 Å². The van der Waals surface area contributed by atoms with Gasteiger partial charge in [-0.05, 0) is 48.2 Å². The van der Waals surface area contributed by atoms with E-state index in [-0.39, 0.29) is 0 Å². The number of hydrogen-bond acceptors (Lipinski definition) is 3. The van der Waals surface area contributed by atoms with Crippen molar-refractivity contribution in [3.8, 4) is 0 Å². The number of aryl methyl sites for hydroxylation is 1. The maximum atomic E-state index is 5.70. The van der Waals surface area contributed by atoms with Crippen LogP contribution in [0.25, 0.3) is 0 Å². The Kier molecular flexibility index (Phi) is 6.21. The van der Waals surface area contributed by atoms with Crippen molar-refractivity contribution in [2.75, 3.05) is 11.9 Å². The van der Waals surface area contributed by atoms with E-state index in [2.05, 4.69) is 108 Å². The summed E-state index contributed by atoms with van der Waals surface area (Å²) < 4.78 is 0. The summed E-state index contributed by atoms with van der Waals surface area (Å²) in [6, 6.07) is 37.9. The van der Waals surface area contributed by atoms with Crippen LogP contribution < -0.4 is 11.1 Å². The van der Waals surface area contributed by atoms with E-state index in [0.29, 0.717) is 6.54 Å². The van der Waals surface area contributed by atoms with E-state index >= 15 is 0 Å². The van der Waals surface area contributed by atoms with Gasteiger partial charge in [-0.15, -0.1) is 0 Å². The molecule has 0 fully saturated rings. The average molecular weight is 394 g/mol. The molecule has 0 atom stereocenters. The van der Waals surface area contributed by atoms with Gasteiger partial charge in [0.1, 0.15) is 11.4 Å². The van der Waals surface area contributed by atoms with Gasteiger partial charge in [-0.1, -0.05) is 97.1 Å². The molecule has 0 amide bonds. The Morgan fingerprint density at radius 2 is 1.13 bits per heavy atom. The van der Waals surface area contributed by atoms with E-state index in [1.54, 1.807) is 0 Å². The fraction of sp³-hybridized carbons (Fsp3) is 0.148. The summed E-state index contributed by atoms with van der Waals surface area (Å²) in [5.41, 5.74) is 9.67. The summed E-state index contributed by atoms with van der Waals surface area (Å²) >= 11 is 0. The molecule has 0 radical (unpaired) electrons. The SMILES string of the molecule is NCCCc1cccc(NC(c2ccccc2)(c2ccccc2)c2ccccc2)n1. The van der Waals surface area contributed by atoms with Crippen LogP contribution in [-0.4, -0.2) is 11.5 Å². The summed E-state index contributed by atoms with van der Waals surface area (Å²) in [6.45, 7) is 0.668. The number of benzene rings is 3. The molecule has 3 aromatic carbocycles. The van der Waals surface area contributed by atoms with Crippen LogP contribution in [0.1, 0.15) is 28.8 Å². The molecule has 4 aromatic rings. The summed E-state index contributed by atoms with van der Waals surface area (Å²) in [6.07, 6.45) is 1.80. The lowest BCUT2D eigenvalue weighted by atomic mass is 9.77. The Balaban J connectivity index is 1.89. The Morgan fingerprint density at radius 1 is 0.633 bits per heavy atom. The third kappa shape index (κ3) is 4.12. The van der Waals surface area contributed by atoms with Crippen LogP contribution in [0.3, 0.4) is 0 Å². The van der Waals surface area contributed by atoms with Crippen molar-refractivity contribution in [3.05, 3.63) is 132 Å². The first kappa shape index (κ1) is 19.9. The van der Waals surface area contributed by atoms with Crippen LogP contribution >= 0.6 is 0 Å². The molecule has 0 spiro atoms. The zero-order valence-corrected chi connectivity index (χ0v) is 17.0. The normalized spacial score (nSPS) is 11.2. The molecule has 1 aromatic heterocycles. The highest BCUT2D eigenvalue weighted by Crippen LogP contribution is 2.39. The number of nitrogens with zero attached hydrogens (tertiary/aromatic N) is 1. The van der Waals surface area contributed by atoms with Gasteiger partial charge in [-0.3, -0.25) is 0 Å². The molecule has 1 heterocycles. The number of hydrogen-bond donors (Lipinski definition) is 2. The first-order valence-electron chi connectivity index (χ1n) is 10.4. The molecule has 0 saturated heterocycles. The molecule has 0 saturated carbocycles. The minimum absolute atomic E-state index is 0.566. The number of nitrogens with two attached hydrogens (primary N) is 1. The van der Waals surface area contributed by atoms with E-state index < -0.39 is 5.54 Å². The van der Waals surface area contributed by atoms with Crippen molar-refractivity contribution in [2.24, 2.45) is 5.73 Å². The monoisotopic (exact) mass is 393 g/mol. The Hall–Kier alpha value is -3.43. The van der Waals surface area contributed by atoms with Gasteiger partial charge in [0.05, 0.1) is 0 Å². The standard InChI is InChI=1S/C27H27N3/c28-21-11-19-25-18-10-20-26(29-25)30-27(22-12-4-1-5-13-22,23-14-6-2-7-15-23)24-16-8-3-9-17-24/h1-10,12-18,20H,11,19,21,28H2,(H,29,30). The highest BCUT2D eigenvalue weighted by atomic mass is 15.1. The largest absolute Gasteiger partial charge is 0.353 e. The fourth-order valence-electron chi connectivity index (χ4n) is 3.94. The molecule has 4 rings (SSSR count). The van der Waals surface area contributed by atoms with Gasteiger partial charge in [-0.2, -0.15) is 0 Å². The predicted molar refractivity (Wildman–Crippen MR) is 124 cm³/mol. The number of aromatic nitrogens is 1. The lowest BCUT2D eigenvalue weighted by Crippen LogP contribution is -2.38. The van der Waals surface area contributed by atoms with Crippen molar-refractivity contribution in [1.29, 1.82) is 0 Å². The zero-order valence-electron chi connectivity index (χ0n) is 17.0. The molecule has 3 heteroatoms. The van der Waals surface area contributed by atoms with Crippen LogP contribution in [0.5, 0.6) is 0 Å². The van der Waals surface area contributed by atoms with Crippen molar-refractivity contribution in [3.63, 3.8) is 0 Å². The van der Waals surface area contributed by atoms with Crippen molar-refractivity contribution < 1.29 is 0 Å². The molecular weight excluding hydrogens is 366 g/mol. The van der Waals surface area contributed by atoms with Crippen molar-refractivity contribution in [2.45, 2.75) is 18.4 Å². The van der Waals surface area contributed by atoms with Gasteiger partial charge in [0.15, 0.2) is 0 Å². The Morgan fingerprint density at radius 3 is 1.60 bits per heavy atom. The molecule has 0 unspecified atom stereocenters. The molecule has 3 N–H and O–H groups in total. The van der Waals surface area contributed by atoms with Gasteiger partial charge in [0.2, 0.25) is 0 Å². The Bertz CT molecular complexity index is 950. The summed E-state index contributed by atoms with van der Waals surface area (Å²) in [5.74, 6) is 0.848. The van der Waals surface area contributed by atoms with Crippen molar-refractivity contribution in [1.82, 2.24) is 4.98 Å². The number of nitrogens with one attached hydrogen (secondary N) is 1. The molecule has 0 aliphatic rings. The molecule has 0 aliphatic carbocycles. The van der Waals surface area contributed by atoms with Gasteiger partial charge in [0.25, 0.3) is 0 Å². The molecule has 3 nitrogen and oxygen atoms in total. The highest BCUT2D eigenvalue weighted by molar-refractivity contribution is 5.58.